The van der Waals surface area contributed by atoms with E-state index in [2.05, 4.69) is 36.2 Å². The quantitative estimate of drug-likeness (QED) is 0.906. The molecule has 0 bridgehead atoms. The lowest BCUT2D eigenvalue weighted by Gasteiger charge is -2.18. The molecule has 0 radical (unpaired) electrons. The second-order valence-electron chi connectivity index (χ2n) is 5.45. The first-order valence-corrected chi connectivity index (χ1v) is 6.91. The molecule has 3 rings (SSSR count). The van der Waals surface area contributed by atoms with Crippen molar-refractivity contribution in [3.63, 3.8) is 0 Å². The monoisotopic (exact) mass is 253 g/mol. The molecule has 1 N–H and O–H groups in total. The van der Waals surface area contributed by atoms with Gasteiger partial charge in [0, 0.05) is 17.8 Å². The summed E-state index contributed by atoms with van der Waals surface area (Å²) in [6, 6.07) is 16.4. The first kappa shape index (κ1) is 12.4. The van der Waals surface area contributed by atoms with Crippen molar-refractivity contribution in [3.05, 3.63) is 66.0 Å². The van der Waals surface area contributed by atoms with E-state index in [1.165, 1.54) is 5.56 Å². The molecule has 19 heavy (non-hydrogen) atoms. The Morgan fingerprint density at radius 3 is 2.53 bits per heavy atom. The van der Waals surface area contributed by atoms with Gasteiger partial charge in [0.25, 0.3) is 0 Å². The van der Waals surface area contributed by atoms with Gasteiger partial charge in [0.1, 0.15) is 0 Å². The van der Waals surface area contributed by atoms with Crippen molar-refractivity contribution in [1.82, 2.24) is 4.98 Å². The van der Waals surface area contributed by atoms with Crippen LogP contribution in [0.15, 0.2) is 54.7 Å². The van der Waals surface area contributed by atoms with Crippen molar-refractivity contribution >= 4 is 0 Å². The Morgan fingerprint density at radius 1 is 1.11 bits per heavy atom. The third kappa shape index (κ3) is 2.54. The lowest BCUT2D eigenvalue weighted by atomic mass is 9.94. The molecule has 98 valence electrons. The normalized spacial score (nSPS) is 24.7. The summed E-state index contributed by atoms with van der Waals surface area (Å²) in [7, 11) is 0. The molecule has 1 aliphatic carbocycles. The summed E-state index contributed by atoms with van der Waals surface area (Å²) in [5.74, 6) is 0.988. The van der Waals surface area contributed by atoms with Crippen molar-refractivity contribution in [3.8, 4) is 0 Å². The zero-order valence-corrected chi connectivity index (χ0v) is 11.1. The highest BCUT2D eigenvalue weighted by molar-refractivity contribution is 5.27. The Labute approximate surface area is 114 Å². The number of rotatable bonds is 4. The van der Waals surface area contributed by atoms with E-state index in [0.29, 0.717) is 11.8 Å². The van der Waals surface area contributed by atoms with Gasteiger partial charge in [0.15, 0.2) is 0 Å². The highest BCUT2D eigenvalue weighted by Gasteiger charge is 2.45. The summed E-state index contributed by atoms with van der Waals surface area (Å²) < 4.78 is 0. The average molecular weight is 253 g/mol. The predicted octanol–water partition coefficient (Wildman–Crippen LogP) is 3.35. The van der Waals surface area contributed by atoms with Crippen LogP contribution in [0.4, 0.5) is 0 Å². The fraction of sp³-hybridized carbons (Fsp3) is 0.353. The topological polar surface area (TPSA) is 33.1 Å². The van der Waals surface area contributed by atoms with E-state index in [9.17, 15) is 5.11 Å². The Hall–Kier alpha value is -1.67. The number of aromatic nitrogens is 1. The first-order valence-electron chi connectivity index (χ1n) is 6.91. The Morgan fingerprint density at radius 2 is 1.84 bits per heavy atom. The van der Waals surface area contributed by atoms with Crippen LogP contribution in [0.3, 0.4) is 0 Å². The number of aliphatic hydroxyl groups is 1. The molecule has 1 saturated carbocycles. The molecular formula is C17H19NO. The van der Waals surface area contributed by atoms with Gasteiger partial charge < -0.3 is 5.11 Å². The van der Waals surface area contributed by atoms with Gasteiger partial charge in [-0.2, -0.15) is 0 Å². The SMILES string of the molecule is CC(c1ccccn1)C(O)C1CC1c1ccccc1. The minimum absolute atomic E-state index is 0.0971. The third-order valence-corrected chi connectivity index (χ3v) is 4.17. The van der Waals surface area contributed by atoms with Gasteiger partial charge in [-0.15, -0.1) is 0 Å². The number of aliphatic hydroxyl groups excluding tert-OH is 1. The predicted molar refractivity (Wildman–Crippen MR) is 75.9 cm³/mol. The standard InChI is InChI=1S/C17H19NO/c1-12(16-9-5-6-10-18-16)17(19)15-11-14(15)13-7-3-2-4-8-13/h2-10,12,14-15,17,19H,11H2,1H3. The van der Waals surface area contributed by atoms with E-state index in [1.807, 2.05) is 24.3 Å². The number of nitrogens with zero attached hydrogens (tertiary/aromatic N) is 1. The molecule has 1 heterocycles. The van der Waals surface area contributed by atoms with E-state index in [-0.39, 0.29) is 12.0 Å². The highest BCUT2D eigenvalue weighted by atomic mass is 16.3. The molecule has 1 aromatic carbocycles. The Balaban J connectivity index is 1.68. The number of hydrogen-bond donors (Lipinski definition) is 1. The van der Waals surface area contributed by atoms with Gasteiger partial charge >= 0.3 is 0 Å². The maximum atomic E-state index is 10.5. The Bertz CT molecular complexity index is 525. The summed E-state index contributed by atoms with van der Waals surface area (Å²) >= 11 is 0. The molecule has 2 heteroatoms. The van der Waals surface area contributed by atoms with Crippen molar-refractivity contribution in [1.29, 1.82) is 0 Å². The van der Waals surface area contributed by atoms with Crippen molar-refractivity contribution in [2.75, 3.05) is 0 Å². The summed E-state index contributed by atoms with van der Waals surface area (Å²) in [6.07, 6.45) is 2.57. The van der Waals surface area contributed by atoms with Gasteiger partial charge in [0.2, 0.25) is 0 Å². The molecule has 1 fully saturated rings. The summed E-state index contributed by atoms with van der Waals surface area (Å²) in [6.45, 7) is 2.06. The third-order valence-electron chi connectivity index (χ3n) is 4.17. The molecule has 1 aliphatic rings. The molecule has 0 saturated heterocycles. The largest absolute Gasteiger partial charge is 0.392 e. The lowest BCUT2D eigenvalue weighted by Crippen LogP contribution is -2.19. The fourth-order valence-electron chi connectivity index (χ4n) is 2.87. The lowest BCUT2D eigenvalue weighted by molar-refractivity contribution is 0.123. The number of pyridine rings is 1. The summed E-state index contributed by atoms with van der Waals surface area (Å²) in [5.41, 5.74) is 2.33. The molecular weight excluding hydrogens is 234 g/mol. The van der Waals surface area contributed by atoms with E-state index < -0.39 is 0 Å². The summed E-state index contributed by atoms with van der Waals surface area (Å²) in [5, 5.41) is 10.5. The minimum Gasteiger partial charge on any atom is -0.392 e. The van der Waals surface area contributed by atoms with E-state index in [1.54, 1.807) is 6.20 Å². The molecule has 2 nitrogen and oxygen atoms in total. The van der Waals surface area contributed by atoms with Crippen LogP contribution in [0.1, 0.15) is 36.4 Å². The van der Waals surface area contributed by atoms with E-state index in [0.717, 1.165) is 12.1 Å². The maximum absolute atomic E-state index is 10.5. The second kappa shape index (κ2) is 5.14. The van der Waals surface area contributed by atoms with Crippen LogP contribution in [0, 0.1) is 5.92 Å². The Kier molecular flexibility index (Phi) is 3.34. The molecule has 2 aromatic rings. The van der Waals surface area contributed by atoms with E-state index >= 15 is 0 Å². The van der Waals surface area contributed by atoms with Crippen molar-refractivity contribution in [2.45, 2.75) is 31.3 Å². The molecule has 0 aliphatic heterocycles. The first-order chi connectivity index (χ1) is 9.27. The fourth-order valence-corrected chi connectivity index (χ4v) is 2.87. The minimum atomic E-state index is -0.305. The zero-order valence-electron chi connectivity index (χ0n) is 11.1. The molecule has 0 amide bonds. The van der Waals surface area contributed by atoms with Crippen molar-refractivity contribution < 1.29 is 5.11 Å². The van der Waals surface area contributed by atoms with Gasteiger partial charge in [-0.3, -0.25) is 4.98 Å². The maximum Gasteiger partial charge on any atom is 0.0655 e. The second-order valence-corrected chi connectivity index (χ2v) is 5.45. The van der Waals surface area contributed by atoms with Gasteiger partial charge in [-0.25, -0.2) is 0 Å². The number of hydrogen-bond acceptors (Lipinski definition) is 2. The van der Waals surface area contributed by atoms with E-state index in [4.69, 9.17) is 0 Å². The van der Waals surface area contributed by atoms with Crippen LogP contribution < -0.4 is 0 Å². The van der Waals surface area contributed by atoms with Crippen LogP contribution in [-0.4, -0.2) is 16.2 Å². The molecule has 4 atom stereocenters. The van der Waals surface area contributed by atoms with Gasteiger partial charge in [0.05, 0.1) is 6.10 Å². The van der Waals surface area contributed by atoms with Crippen LogP contribution in [0.2, 0.25) is 0 Å². The van der Waals surface area contributed by atoms with Gasteiger partial charge in [-0.1, -0.05) is 43.3 Å². The van der Waals surface area contributed by atoms with Crippen molar-refractivity contribution in [2.24, 2.45) is 5.92 Å². The molecule has 1 aromatic heterocycles. The molecule has 4 unspecified atom stereocenters. The van der Waals surface area contributed by atoms with Gasteiger partial charge in [-0.05, 0) is 36.0 Å². The zero-order chi connectivity index (χ0) is 13.2. The summed E-state index contributed by atoms with van der Waals surface area (Å²) in [4.78, 5) is 4.35. The number of benzene rings is 1. The van der Waals surface area contributed by atoms with Crippen LogP contribution in [-0.2, 0) is 0 Å². The smallest absolute Gasteiger partial charge is 0.0655 e. The highest BCUT2D eigenvalue weighted by Crippen LogP contribution is 2.51. The van der Waals surface area contributed by atoms with Crippen LogP contribution >= 0.6 is 0 Å². The average Bonchev–Trinajstić information content (AvgIpc) is 3.28. The molecule has 0 spiro atoms. The van der Waals surface area contributed by atoms with Crippen LogP contribution in [0.25, 0.3) is 0 Å². The van der Waals surface area contributed by atoms with Crippen LogP contribution in [0.5, 0.6) is 0 Å².